The summed E-state index contributed by atoms with van der Waals surface area (Å²) in [4.78, 5) is 14.5. The number of nitrogens with one attached hydrogen (secondary N) is 1. The first kappa shape index (κ1) is 20.3. The molecule has 2 aromatic heterocycles. The molecule has 7 heteroatoms. The molecule has 1 N–H and O–H groups in total. The molecule has 3 aromatic rings. The molecule has 0 fully saturated rings. The minimum absolute atomic E-state index is 0.203. The highest BCUT2D eigenvalue weighted by Gasteiger charge is 2.19. The first-order valence-corrected chi connectivity index (χ1v) is 10.5. The Bertz CT molecular complexity index is 1020. The van der Waals surface area contributed by atoms with Gasteiger partial charge >= 0.3 is 0 Å². The molecule has 30 heavy (non-hydrogen) atoms. The fraction of sp³-hybridized carbons (Fsp3) is 0.435. The van der Waals surface area contributed by atoms with Crippen molar-refractivity contribution in [2.24, 2.45) is 0 Å². The molecular formula is C23H29N5O2. The summed E-state index contributed by atoms with van der Waals surface area (Å²) < 4.78 is 7.34. The topological polar surface area (TPSA) is 76.2 Å². The van der Waals surface area contributed by atoms with Crippen molar-refractivity contribution >= 4 is 5.91 Å². The predicted octanol–water partition coefficient (Wildman–Crippen LogP) is 2.83. The Kier molecular flexibility index (Phi) is 5.99. The molecule has 0 radical (unpaired) electrons. The number of fused-ring (bicyclic) bond motifs is 1. The summed E-state index contributed by atoms with van der Waals surface area (Å²) in [5.41, 5.74) is 5.45. The quantitative estimate of drug-likeness (QED) is 0.680. The normalized spacial score (nSPS) is 14.4. The lowest BCUT2D eigenvalue weighted by atomic mass is 10.0. The summed E-state index contributed by atoms with van der Waals surface area (Å²) in [6, 6.07) is 7.97. The van der Waals surface area contributed by atoms with Crippen LogP contribution in [-0.2, 0) is 25.9 Å². The van der Waals surface area contributed by atoms with Gasteiger partial charge in [0.25, 0.3) is 5.91 Å². The van der Waals surface area contributed by atoms with Gasteiger partial charge in [-0.2, -0.15) is 0 Å². The Labute approximate surface area is 177 Å². The van der Waals surface area contributed by atoms with Crippen LogP contribution in [0, 0.1) is 20.8 Å². The van der Waals surface area contributed by atoms with Gasteiger partial charge in [-0.25, -0.2) is 0 Å². The third kappa shape index (κ3) is 4.46. The average Bonchev–Trinajstić information content (AvgIpc) is 3.34. The minimum atomic E-state index is -0.203. The number of carbonyl (C=O) groups excluding carboxylic acids is 1. The van der Waals surface area contributed by atoms with E-state index in [1.807, 2.05) is 0 Å². The van der Waals surface area contributed by atoms with E-state index < -0.39 is 0 Å². The fourth-order valence-electron chi connectivity index (χ4n) is 3.98. The summed E-state index contributed by atoms with van der Waals surface area (Å²) in [6.45, 7) is 10.8. The largest absolute Gasteiger partial charge is 0.459 e. The van der Waals surface area contributed by atoms with Crippen molar-refractivity contribution in [3.63, 3.8) is 0 Å². The lowest BCUT2D eigenvalue weighted by Gasteiger charge is -2.21. The summed E-state index contributed by atoms with van der Waals surface area (Å²) >= 11 is 0. The van der Waals surface area contributed by atoms with Crippen molar-refractivity contribution in [3.05, 3.63) is 70.2 Å². The molecule has 1 amide bonds. The second kappa shape index (κ2) is 8.83. The van der Waals surface area contributed by atoms with Crippen LogP contribution >= 0.6 is 0 Å². The zero-order chi connectivity index (χ0) is 21.1. The number of amides is 1. The molecule has 1 aliphatic rings. The zero-order valence-corrected chi connectivity index (χ0v) is 17.9. The van der Waals surface area contributed by atoms with Gasteiger partial charge in [-0.15, -0.1) is 10.2 Å². The third-order valence-electron chi connectivity index (χ3n) is 5.92. The smallest absolute Gasteiger partial charge is 0.286 e. The van der Waals surface area contributed by atoms with Gasteiger partial charge in [0.2, 0.25) is 0 Å². The van der Waals surface area contributed by atoms with Gasteiger partial charge < -0.3 is 14.3 Å². The number of aryl methyl sites for hydroxylation is 3. The van der Waals surface area contributed by atoms with E-state index in [1.54, 1.807) is 12.1 Å². The number of carbonyl (C=O) groups is 1. The van der Waals surface area contributed by atoms with Gasteiger partial charge in [-0.1, -0.05) is 12.1 Å². The van der Waals surface area contributed by atoms with E-state index in [0.29, 0.717) is 18.7 Å². The van der Waals surface area contributed by atoms with E-state index in [2.05, 4.69) is 57.9 Å². The van der Waals surface area contributed by atoms with E-state index in [-0.39, 0.29) is 5.91 Å². The number of furan rings is 1. The summed E-state index contributed by atoms with van der Waals surface area (Å²) in [5.74, 6) is 2.08. The molecule has 0 saturated heterocycles. The van der Waals surface area contributed by atoms with E-state index in [9.17, 15) is 4.79 Å². The van der Waals surface area contributed by atoms with E-state index >= 15 is 0 Å². The first-order chi connectivity index (χ1) is 14.5. The van der Waals surface area contributed by atoms with Crippen LogP contribution in [0.1, 0.15) is 44.5 Å². The van der Waals surface area contributed by atoms with Crippen molar-refractivity contribution < 1.29 is 9.21 Å². The molecule has 7 nitrogen and oxygen atoms in total. The summed E-state index contributed by atoms with van der Waals surface area (Å²) in [6.07, 6.45) is 3.03. The second-order valence-corrected chi connectivity index (χ2v) is 8.06. The Balaban J connectivity index is 1.35. The Morgan fingerprint density at radius 1 is 1.10 bits per heavy atom. The molecule has 4 rings (SSSR count). The van der Waals surface area contributed by atoms with Gasteiger partial charge in [-0.3, -0.25) is 9.69 Å². The number of hydrogen-bond acceptors (Lipinski definition) is 5. The SMILES string of the molecule is Cc1cc(C)c(CN2CCc3nnc(CCNC(=O)c4ccco4)n3CC2)cc1C. The number of aromatic nitrogens is 3. The van der Waals surface area contributed by atoms with Crippen LogP contribution < -0.4 is 5.32 Å². The highest BCUT2D eigenvalue weighted by Crippen LogP contribution is 2.19. The molecule has 0 spiro atoms. The van der Waals surface area contributed by atoms with Crippen molar-refractivity contribution in [2.75, 3.05) is 19.6 Å². The molecule has 0 atom stereocenters. The average molecular weight is 408 g/mol. The molecule has 0 aliphatic carbocycles. The lowest BCUT2D eigenvalue weighted by Crippen LogP contribution is -2.28. The van der Waals surface area contributed by atoms with Crippen molar-refractivity contribution in [1.82, 2.24) is 25.0 Å². The summed E-state index contributed by atoms with van der Waals surface area (Å²) in [5, 5.41) is 11.6. The Morgan fingerprint density at radius 3 is 2.73 bits per heavy atom. The molecular weight excluding hydrogens is 378 g/mol. The standard InChI is InChI=1S/C23H29N5O2/c1-16-13-18(3)19(14-17(16)2)15-27-9-7-22-26-25-21(28(22)11-10-27)6-8-24-23(29)20-5-4-12-30-20/h4-5,12-14H,6-11,15H2,1-3H3,(H,24,29). The van der Waals surface area contributed by atoms with Crippen LogP contribution in [0.3, 0.4) is 0 Å². The monoisotopic (exact) mass is 407 g/mol. The number of benzene rings is 1. The number of rotatable bonds is 6. The zero-order valence-electron chi connectivity index (χ0n) is 17.9. The maximum absolute atomic E-state index is 12.0. The third-order valence-corrected chi connectivity index (χ3v) is 5.92. The molecule has 158 valence electrons. The van der Waals surface area contributed by atoms with Crippen LogP contribution in [0.15, 0.2) is 34.9 Å². The van der Waals surface area contributed by atoms with Crippen molar-refractivity contribution in [2.45, 2.75) is 46.7 Å². The number of hydrogen-bond donors (Lipinski definition) is 1. The van der Waals surface area contributed by atoms with Crippen LogP contribution in [0.4, 0.5) is 0 Å². The number of nitrogens with zero attached hydrogens (tertiary/aromatic N) is 4. The van der Waals surface area contributed by atoms with E-state index in [4.69, 9.17) is 4.42 Å². The van der Waals surface area contributed by atoms with Gasteiger partial charge in [0, 0.05) is 45.6 Å². The minimum Gasteiger partial charge on any atom is -0.459 e. The van der Waals surface area contributed by atoms with Crippen LogP contribution in [0.2, 0.25) is 0 Å². The van der Waals surface area contributed by atoms with Gasteiger partial charge in [0.15, 0.2) is 5.76 Å². The maximum atomic E-state index is 12.0. The van der Waals surface area contributed by atoms with Crippen molar-refractivity contribution in [3.8, 4) is 0 Å². The molecule has 1 aromatic carbocycles. The molecule has 0 unspecified atom stereocenters. The fourth-order valence-corrected chi connectivity index (χ4v) is 3.98. The highest BCUT2D eigenvalue weighted by atomic mass is 16.3. The predicted molar refractivity (Wildman–Crippen MR) is 114 cm³/mol. The Morgan fingerprint density at radius 2 is 1.93 bits per heavy atom. The Hall–Kier alpha value is -2.93. The van der Waals surface area contributed by atoms with Gasteiger partial charge in [-0.05, 0) is 55.2 Å². The van der Waals surface area contributed by atoms with Crippen LogP contribution in [-0.4, -0.2) is 45.2 Å². The lowest BCUT2D eigenvalue weighted by molar-refractivity contribution is 0.0926. The maximum Gasteiger partial charge on any atom is 0.286 e. The van der Waals surface area contributed by atoms with E-state index in [1.165, 1.54) is 28.5 Å². The molecule has 0 saturated carbocycles. The molecule has 0 bridgehead atoms. The van der Waals surface area contributed by atoms with Crippen molar-refractivity contribution in [1.29, 1.82) is 0 Å². The van der Waals surface area contributed by atoms with Crippen LogP contribution in [0.25, 0.3) is 0 Å². The summed E-state index contributed by atoms with van der Waals surface area (Å²) in [7, 11) is 0. The van der Waals surface area contributed by atoms with E-state index in [0.717, 1.165) is 44.2 Å². The highest BCUT2D eigenvalue weighted by molar-refractivity contribution is 5.91. The first-order valence-electron chi connectivity index (χ1n) is 10.5. The molecule has 1 aliphatic heterocycles. The molecule has 3 heterocycles. The van der Waals surface area contributed by atoms with Crippen LogP contribution in [0.5, 0.6) is 0 Å². The second-order valence-electron chi connectivity index (χ2n) is 8.06. The van der Waals surface area contributed by atoms with Gasteiger partial charge in [0.05, 0.1) is 6.26 Å². The van der Waals surface area contributed by atoms with Gasteiger partial charge in [0.1, 0.15) is 11.6 Å².